The Kier molecular flexibility index (Phi) is 9.19. The third kappa shape index (κ3) is 7.57. The first-order valence-corrected chi connectivity index (χ1v) is 13.7. The van der Waals surface area contributed by atoms with Gasteiger partial charge < -0.3 is 10.6 Å². The maximum atomic E-state index is 13.2. The van der Waals surface area contributed by atoms with E-state index in [1.165, 1.54) is 29.2 Å². The van der Waals surface area contributed by atoms with Crippen LogP contribution in [0.15, 0.2) is 100 Å². The fourth-order valence-electron chi connectivity index (χ4n) is 3.27. The van der Waals surface area contributed by atoms with E-state index in [-0.39, 0.29) is 23.1 Å². The number of thiophene rings is 1. The number of nitrogens with one attached hydrogen (secondary N) is 2. The van der Waals surface area contributed by atoms with Gasteiger partial charge in [-0.15, -0.1) is 11.8 Å². The summed E-state index contributed by atoms with van der Waals surface area (Å²) in [6.07, 6.45) is 1.62. The number of amides is 2. The van der Waals surface area contributed by atoms with Crippen molar-refractivity contribution in [3.63, 3.8) is 0 Å². The fourth-order valence-corrected chi connectivity index (χ4v) is 5.24. The molecule has 0 unspecified atom stereocenters. The normalized spacial score (nSPS) is 11.1. The first-order chi connectivity index (χ1) is 17.9. The van der Waals surface area contributed by atoms with E-state index in [1.807, 2.05) is 29.0 Å². The van der Waals surface area contributed by atoms with Crippen LogP contribution in [0.4, 0.5) is 5.69 Å². The topological polar surface area (TPSA) is 75.3 Å². The molecule has 0 aliphatic carbocycles. The second kappa shape index (κ2) is 12.7. The molecule has 0 spiro atoms. The highest BCUT2D eigenvalue weighted by atomic mass is 35.5. The molecule has 2 N–H and O–H groups in total. The van der Waals surface area contributed by atoms with Crippen molar-refractivity contribution in [1.82, 2.24) is 5.32 Å². The van der Waals surface area contributed by atoms with E-state index >= 15 is 0 Å². The molecule has 4 aromatic rings. The number of carbonyl (C=O) groups excluding carboxylic acids is 3. The molecule has 0 bridgehead atoms. The van der Waals surface area contributed by atoms with E-state index in [0.717, 1.165) is 10.5 Å². The third-order valence-electron chi connectivity index (χ3n) is 5.08. The summed E-state index contributed by atoms with van der Waals surface area (Å²) >= 11 is 14.9. The van der Waals surface area contributed by atoms with E-state index in [9.17, 15) is 14.4 Å². The molecule has 0 fully saturated rings. The van der Waals surface area contributed by atoms with Crippen LogP contribution in [-0.2, 0) is 4.79 Å². The average molecular weight is 568 g/mol. The smallest absolute Gasteiger partial charge is 0.272 e. The molecule has 0 atom stereocenters. The Bertz CT molecular complexity index is 1460. The Morgan fingerprint density at radius 1 is 0.919 bits per heavy atom. The maximum absolute atomic E-state index is 13.2. The Balaban J connectivity index is 1.45. The molecule has 3 aromatic carbocycles. The number of hydrogen-bond acceptors (Lipinski definition) is 5. The molecular formula is C28H20Cl2N2O3S2. The van der Waals surface area contributed by atoms with Gasteiger partial charge in [-0.2, -0.15) is 11.3 Å². The highest BCUT2D eigenvalue weighted by molar-refractivity contribution is 8.00. The summed E-state index contributed by atoms with van der Waals surface area (Å²) in [7, 11) is 0. The molecular weight excluding hydrogens is 547 g/mol. The second-order valence-electron chi connectivity index (χ2n) is 7.75. The summed E-state index contributed by atoms with van der Waals surface area (Å²) < 4.78 is 0. The number of ketones is 1. The molecule has 186 valence electrons. The van der Waals surface area contributed by atoms with Crippen molar-refractivity contribution < 1.29 is 14.4 Å². The van der Waals surface area contributed by atoms with Crippen LogP contribution in [0.25, 0.3) is 6.08 Å². The van der Waals surface area contributed by atoms with Crippen LogP contribution in [0.1, 0.15) is 26.3 Å². The molecule has 1 aromatic heterocycles. The average Bonchev–Trinajstić information content (AvgIpc) is 3.41. The Morgan fingerprint density at radius 2 is 1.73 bits per heavy atom. The predicted molar refractivity (Wildman–Crippen MR) is 153 cm³/mol. The first-order valence-electron chi connectivity index (χ1n) is 11.0. The van der Waals surface area contributed by atoms with Crippen LogP contribution < -0.4 is 10.6 Å². The van der Waals surface area contributed by atoms with Crippen LogP contribution in [-0.4, -0.2) is 23.4 Å². The summed E-state index contributed by atoms with van der Waals surface area (Å²) in [5.41, 5.74) is 2.28. The lowest BCUT2D eigenvalue weighted by Gasteiger charge is -2.12. The van der Waals surface area contributed by atoms with Gasteiger partial charge in [0.25, 0.3) is 11.8 Å². The zero-order chi connectivity index (χ0) is 26.2. The van der Waals surface area contributed by atoms with Gasteiger partial charge in [0.2, 0.25) is 0 Å². The second-order valence-corrected chi connectivity index (χ2v) is 10.4. The van der Waals surface area contributed by atoms with Crippen molar-refractivity contribution in [2.24, 2.45) is 0 Å². The quantitative estimate of drug-likeness (QED) is 0.125. The lowest BCUT2D eigenvalue weighted by atomic mass is 10.1. The molecule has 37 heavy (non-hydrogen) atoms. The third-order valence-corrected chi connectivity index (χ3v) is 7.32. The summed E-state index contributed by atoms with van der Waals surface area (Å²) in [5.74, 6) is -0.830. The van der Waals surface area contributed by atoms with Gasteiger partial charge in [0, 0.05) is 26.7 Å². The standard InChI is InChI=1S/C28H20Cl2N2O3S2/c29-20-9-10-23(24(30)14-20)26(33)17-37-22-8-4-7-21(15-22)31-28(35)25(13-18-11-12-36-16-18)32-27(34)19-5-2-1-3-6-19/h1-16H,17H2,(H,31,35)(H,32,34)/b25-13-. The van der Waals surface area contributed by atoms with Gasteiger partial charge >= 0.3 is 0 Å². The van der Waals surface area contributed by atoms with Gasteiger partial charge in [-0.3, -0.25) is 14.4 Å². The van der Waals surface area contributed by atoms with Gasteiger partial charge in [-0.1, -0.05) is 47.5 Å². The number of halogens is 2. The zero-order valence-electron chi connectivity index (χ0n) is 19.2. The molecule has 1 heterocycles. The van der Waals surface area contributed by atoms with Crippen LogP contribution in [0.5, 0.6) is 0 Å². The van der Waals surface area contributed by atoms with Gasteiger partial charge in [0.1, 0.15) is 5.70 Å². The van der Waals surface area contributed by atoms with Crippen molar-refractivity contribution in [2.75, 3.05) is 11.1 Å². The van der Waals surface area contributed by atoms with Crippen molar-refractivity contribution >= 4 is 75.7 Å². The first kappa shape index (κ1) is 26.7. The van der Waals surface area contributed by atoms with Gasteiger partial charge in [-0.25, -0.2) is 0 Å². The summed E-state index contributed by atoms with van der Waals surface area (Å²) in [6.45, 7) is 0. The Morgan fingerprint density at radius 3 is 2.46 bits per heavy atom. The molecule has 9 heteroatoms. The van der Waals surface area contributed by atoms with Gasteiger partial charge in [0.15, 0.2) is 5.78 Å². The van der Waals surface area contributed by atoms with Crippen LogP contribution in [0.2, 0.25) is 10.0 Å². The van der Waals surface area contributed by atoms with Crippen molar-refractivity contribution in [3.05, 3.63) is 122 Å². The minimum atomic E-state index is -0.471. The van der Waals surface area contributed by atoms with Crippen molar-refractivity contribution in [3.8, 4) is 0 Å². The van der Waals surface area contributed by atoms with Crippen molar-refractivity contribution in [2.45, 2.75) is 4.90 Å². The summed E-state index contributed by atoms with van der Waals surface area (Å²) in [6, 6.07) is 22.4. The largest absolute Gasteiger partial charge is 0.321 e. The van der Waals surface area contributed by atoms with Crippen LogP contribution >= 0.6 is 46.3 Å². The molecule has 0 aliphatic heterocycles. The number of hydrogen-bond donors (Lipinski definition) is 2. The van der Waals surface area contributed by atoms with E-state index in [1.54, 1.807) is 60.7 Å². The fraction of sp³-hybridized carbons (Fsp3) is 0.0357. The van der Waals surface area contributed by atoms with E-state index < -0.39 is 5.91 Å². The van der Waals surface area contributed by atoms with E-state index in [0.29, 0.717) is 26.9 Å². The highest BCUT2D eigenvalue weighted by Gasteiger charge is 2.16. The molecule has 2 amide bonds. The molecule has 4 rings (SSSR count). The molecule has 0 saturated carbocycles. The predicted octanol–water partition coefficient (Wildman–Crippen LogP) is 7.44. The van der Waals surface area contributed by atoms with Gasteiger partial charge in [-0.05, 0) is 77.0 Å². The number of thioether (sulfide) groups is 1. The molecule has 0 saturated heterocycles. The lowest BCUT2D eigenvalue weighted by Crippen LogP contribution is -2.30. The molecule has 5 nitrogen and oxygen atoms in total. The maximum Gasteiger partial charge on any atom is 0.272 e. The molecule has 0 radical (unpaired) electrons. The number of Topliss-reactive ketones (excluding diaryl/α,β-unsaturated/α-hetero) is 1. The number of benzene rings is 3. The zero-order valence-corrected chi connectivity index (χ0v) is 22.4. The Hall–Kier alpha value is -3.36. The minimum absolute atomic E-state index is 0.109. The van der Waals surface area contributed by atoms with E-state index in [4.69, 9.17) is 23.2 Å². The summed E-state index contributed by atoms with van der Waals surface area (Å²) in [5, 5.41) is 10.1. The SMILES string of the molecule is O=C(Nc1cccc(SCC(=O)c2ccc(Cl)cc2Cl)c1)/C(=C/c1ccsc1)NC(=O)c1ccccc1. The number of anilines is 1. The number of rotatable bonds is 9. The Labute approximate surface area is 232 Å². The molecule has 0 aliphatic rings. The van der Waals surface area contributed by atoms with Crippen LogP contribution in [0, 0.1) is 0 Å². The minimum Gasteiger partial charge on any atom is -0.321 e. The number of carbonyl (C=O) groups is 3. The lowest BCUT2D eigenvalue weighted by molar-refractivity contribution is -0.113. The van der Waals surface area contributed by atoms with Crippen molar-refractivity contribution in [1.29, 1.82) is 0 Å². The highest BCUT2D eigenvalue weighted by Crippen LogP contribution is 2.26. The summed E-state index contributed by atoms with van der Waals surface area (Å²) in [4.78, 5) is 39.3. The monoisotopic (exact) mass is 566 g/mol. The van der Waals surface area contributed by atoms with Crippen LogP contribution in [0.3, 0.4) is 0 Å². The van der Waals surface area contributed by atoms with E-state index in [2.05, 4.69) is 10.6 Å². The van der Waals surface area contributed by atoms with Gasteiger partial charge in [0.05, 0.1) is 10.8 Å².